The zero-order valence-corrected chi connectivity index (χ0v) is 15.6. The number of benzene rings is 2. The van der Waals surface area contributed by atoms with Gasteiger partial charge >= 0.3 is 0 Å². The van der Waals surface area contributed by atoms with Gasteiger partial charge in [-0.3, -0.25) is 9.59 Å². The van der Waals surface area contributed by atoms with Gasteiger partial charge in [0.2, 0.25) is 6.10 Å². The fourth-order valence-corrected chi connectivity index (χ4v) is 3.52. The normalized spacial score (nSPS) is 19.1. The van der Waals surface area contributed by atoms with Crippen molar-refractivity contribution in [2.24, 2.45) is 0 Å². The maximum absolute atomic E-state index is 12.8. The van der Waals surface area contributed by atoms with E-state index in [0.717, 1.165) is 18.8 Å². The molecule has 2 N–H and O–H groups in total. The number of hydrogen-bond acceptors (Lipinski definition) is 4. The Labute approximate surface area is 163 Å². The van der Waals surface area contributed by atoms with Crippen LogP contribution in [-0.2, 0) is 9.59 Å². The number of quaternary nitrogens is 1. The molecule has 2 aliphatic heterocycles. The van der Waals surface area contributed by atoms with Gasteiger partial charge in [0.15, 0.2) is 18.0 Å². The second-order valence-corrected chi connectivity index (χ2v) is 7.03. The van der Waals surface area contributed by atoms with E-state index in [9.17, 15) is 9.59 Å². The maximum atomic E-state index is 12.8. The molecule has 0 spiro atoms. The van der Waals surface area contributed by atoms with Crippen LogP contribution in [-0.4, -0.2) is 62.1 Å². The molecule has 146 valence electrons. The van der Waals surface area contributed by atoms with Gasteiger partial charge in [0.05, 0.1) is 26.2 Å². The zero-order chi connectivity index (χ0) is 19.3. The Hall–Kier alpha value is -3.06. The minimum Gasteiger partial charge on any atom is -0.485 e. The lowest BCUT2D eigenvalue weighted by Crippen LogP contribution is -3.15. The van der Waals surface area contributed by atoms with Crippen molar-refractivity contribution in [2.45, 2.75) is 6.10 Å². The van der Waals surface area contributed by atoms with Crippen LogP contribution in [0.3, 0.4) is 0 Å². The molecule has 1 saturated heterocycles. The summed E-state index contributed by atoms with van der Waals surface area (Å²) in [5, 5.41) is 2.91. The molecule has 0 radical (unpaired) electrons. The van der Waals surface area contributed by atoms with Crippen LogP contribution in [0.4, 0.5) is 5.69 Å². The van der Waals surface area contributed by atoms with Crippen molar-refractivity contribution in [3.8, 4) is 11.5 Å². The summed E-state index contributed by atoms with van der Waals surface area (Å²) in [6.45, 7) is 3.30. The topological polar surface area (TPSA) is 72.3 Å². The van der Waals surface area contributed by atoms with Crippen LogP contribution in [0, 0.1) is 0 Å². The molecule has 7 heteroatoms. The molecule has 2 amide bonds. The van der Waals surface area contributed by atoms with Crippen LogP contribution in [0.15, 0.2) is 54.6 Å². The Morgan fingerprint density at radius 3 is 2.43 bits per heavy atom. The van der Waals surface area contributed by atoms with Crippen molar-refractivity contribution >= 4 is 17.5 Å². The first kappa shape index (κ1) is 18.3. The monoisotopic (exact) mass is 382 g/mol. The van der Waals surface area contributed by atoms with Gasteiger partial charge in [0.25, 0.3) is 11.8 Å². The molecule has 0 saturated carbocycles. The lowest BCUT2D eigenvalue weighted by Gasteiger charge is -2.35. The second kappa shape index (κ2) is 8.31. The minimum absolute atomic E-state index is 0.0124. The quantitative estimate of drug-likeness (QED) is 0.792. The number of fused-ring (bicyclic) bond motifs is 1. The Balaban J connectivity index is 1.25. The van der Waals surface area contributed by atoms with E-state index in [4.69, 9.17) is 9.47 Å². The number of anilines is 1. The van der Waals surface area contributed by atoms with E-state index >= 15 is 0 Å². The van der Waals surface area contributed by atoms with Crippen molar-refractivity contribution in [2.75, 3.05) is 44.6 Å². The van der Waals surface area contributed by atoms with Gasteiger partial charge in [-0.15, -0.1) is 0 Å². The summed E-state index contributed by atoms with van der Waals surface area (Å²) >= 11 is 0. The summed E-state index contributed by atoms with van der Waals surface area (Å²) in [5.74, 6) is 1.21. The maximum Gasteiger partial charge on any atom is 0.279 e. The number of para-hydroxylation sites is 3. The van der Waals surface area contributed by atoms with Gasteiger partial charge in [-0.2, -0.15) is 0 Å². The van der Waals surface area contributed by atoms with Crippen molar-refractivity contribution < 1.29 is 24.0 Å². The molecule has 2 aliphatic rings. The summed E-state index contributed by atoms with van der Waals surface area (Å²) in [5.41, 5.74) is 0.801. The summed E-state index contributed by atoms with van der Waals surface area (Å²) in [6.07, 6.45) is -0.613. The van der Waals surface area contributed by atoms with Crippen LogP contribution >= 0.6 is 0 Å². The fraction of sp³-hybridized carbons (Fsp3) is 0.333. The number of rotatable bonds is 4. The Morgan fingerprint density at radius 1 is 1.00 bits per heavy atom. The van der Waals surface area contributed by atoms with Gasteiger partial charge in [-0.05, 0) is 24.3 Å². The molecular weight excluding hydrogens is 358 g/mol. The molecule has 1 atom stereocenters. The number of hydrogen-bond donors (Lipinski definition) is 2. The van der Waals surface area contributed by atoms with E-state index in [1.807, 2.05) is 54.6 Å². The lowest BCUT2D eigenvalue weighted by molar-refractivity contribution is -0.895. The molecule has 4 rings (SSSR count). The van der Waals surface area contributed by atoms with Gasteiger partial charge in [-0.25, -0.2) is 0 Å². The molecule has 7 nitrogen and oxygen atoms in total. The number of amides is 2. The fourth-order valence-electron chi connectivity index (χ4n) is 3.52. The molecule has 2 aromatic carbocycles. The summed E-state index contributed by atoms with van der Waals surface area (Å²) in [4.78, 5) is 28.0. The van der Waals surface area contributed by atoms with Crippen molar-refractivity contribution in [1.29, 1.82) is 0 Å². The highest BCUT2D eigenvalue weighted by atomic mass is 16.6. The predicted molar refractivity (Wildman–Crippen MR) is 104 cm³/mol. The first-order chi connectivity index (χ1) is 13.7. The van der Waals surface area contributed by atoms with E-state index in [0.29, 0.717) is 31.1 Å². The van der Waals surface area contributed by atoms with Crippen molar-refractivity contribution in [1.82, 2.24) is 4.90 Å². The molecule has 2 aromatic rings. The van der Waals surface area contributed by atoms with Crippen LogP contribution in [0.1, 0.15) is 0 Å². The summed E-state index contributed by atoms with van der Waals surface area (Å²) in [7, 11) is 0. The third kappa shape index (κ3) is 4.26. The molecule has 1 fully saturated rings. The highest BCUT2D eigenvalue weighted by molar-refractivity contribution is 5.91. The molecule has 0 bridgehead atoms. The smallest absolute Gasteiger partial charge is 0.279 e. The first-order valence-electron chi connectivity index (χ1n) is 9.55. The highest BCUT2D eigenvalue weighted by Gasteiger charge is 2.34. The second-order valence-electron chi connectivity index (χ2n) is 7.03. The van der Waals surface area contributed by atoms with E-state index in [1.165, 1.54) is 4.90 Å². The molecule has 0 aliphatic carbocycles. The molecule has 2 heterocycles. The van der Waals surface area contributed by atoms with Crippen molar-refractivity contribution in [3.05, 3.63) is 54.6 Å². The van der Waals surface area contributed by atoms with E-state index < -0.39 is 6.10 Å². The third-order valence-electron chi connectivity index (χ3n) is 5.03. The number of carbonyl (C=O) groups is 2. The minimum atomic E-state index is -0.613. The average molecular weight is 382 g/mol. The number of nitrogens with one attached hydrogen (secondary N) is 2. The number of ether oxygens (including phenoxy) is 2. The standard InChI is InChI=1S/C21H23N3O4/c25-20(22-16-6-2-1-3-7-16)14-23-10-12-24(13-11-23)21(26)19-15-27-17-8-4-5-9-18(17)28-19/h1-9,19H,10-15H2,(H,22,25)/p+1/t19-/m0/s1. The SMILES string of the molecule is O=C(C[NH+]1CCN(C(=O)[C@@H]2COc3ccccc3O2)CC1)Nc1ccccc1. The van der Waals surface area contributed by atoms with Gasteiger partial charge in [-0.1, -0.05) is 30.3 Å². The predicted octanol–water partition coefficient (Wildman–Crippen LogP) is 0.192. The van der Waals surface area contributed by atoms with Crippen LogP contribution in [0.5, 0.6) is 11.5 Å². The average Bonchev–Trinajstić information content (AvgIpc) is 2.74. The molecule has 0 unspecified atom stereocenters. The number of nitrogens with zero attached hydrogens (tertiary/aromatic N) is 1. The van der Waals surface area contributed by atoms with Gasteiger partial charge < -0.3 is 24.6 Å². The summed E-state index contributed by atoms with van der Waals surface area (Å²) < 4.78 is 11.5. The Morgan fingerprint density at radius 2 is 1.68 bits per heavy atom. The van der Waals surface area contributed by atoms with Gasteiger partial charge in [0.1, 0.15) is 6.61 Å². The van der Waals surface area contributed by atoms with Crippen molar-refractivity contribution in [3.63, 3.8) is 0 Å². The Bertz CT molecular complexity index is 835. The van der Waals surface area contributed by atoms with Crippen LogP contribution in [0.25, 0.3) is 0 Å². The largest absolute Gasteiger partial charge is 0.485 e. The van der Waals surface area contributed by atoms with Crippen LogP contribution < -0.4 is 19.7 Å². The number of piperazine rings is 1. The number of carbonyl (C=O) groups excluding carboxylic acids is 2. The van der Waals surface area contributed by atoms with E-state index in [-0.39, 0.29) is 18.4 Å². The molecular formula is C21H24N3O4+. The van der Waals surface area contributed by atoms with Gasteiger partial charge in [0, 0.05) is 5.69 Å². The first-order valence-corrected chi connectivity index (χ1v) is 9.55. The third-order valence-corrected chi connectivity index (χ3v) is 5.03. The highest BCUT2D eigenvalue weighted by Crippen LogP contribution is 2.31. The zero-order valence-electron chi connectivity index (χ0n) is 15.6. The van der Waals surface area contributed by atoms with E-state index in [1.54, 1.807) is 4.90 Å². The lowest BCUT2D eigenvalue weighted by atomic mass is 10.2. The molecule has 0 aromatic heterocycles. The van der Waals surface area contributed by atoms with E-state index in [2.05, 4.69) is 5.32 Å². The van der Waals surface area contributed by atoms with Crippen LogP contribution in [0.2, 0.25) is 0 Å². The summed E-state index contributed by atoms with van der Waals surface area (Å²) in [6, 6.07) is 16.8. The molecule has 28 heavy (non-hydrogen) atoms. The Kier molecular flexibility index (Phi) is 5.43.